The molecule has 2 aliphatic carbocycles. The second kappa shape index (κ2) is 5.64. The number of thiazole rings is 1. The zero-order chi connectivity index (χ0) is 14.3. The molecule has 3 nitrogen and oxygen atoms in total. The molecule has 0 spiro atoms. The molecule has 1 aliphatic heterocycles. The highest BCUT2D eigenvalue weighted by Gasteiger charge is 2.42. The van der Waals surface area contributed by atoms with Crippen molar-refractivity contribution in [1.29, 1.82) is 0 Å². The lowest BCUT2D eigenvalue weighted by atomic mass is 9.71. The van der Waals surface area contributed by atoms with Crippen molar-refractivity contribution in [3.8, 4) is 0 Å². The van der Waals surface area contributed by atoms with Crippen molar-refractivity contribution in [2.24, 2.45) is 5.92 Å². The molecule has 4 heteroatoms. The van der Waals surface area contributed by atoms with Gasteiger partial charge in [-0.25, -0.2) is 4.98 Å². The smallest absolute Gasteiger partial charge is 0.0959 e. The Kier molecular flexibility index (Phi) is 3.80. The normalized spacial score (nSPS) is 34.4. The molecule has 1 saturated heterocycles. The summed E-state index contributed by atoms with van der Waals surface area (Å²) in [6, 6.07) is 0. The number of piperidine rings is 1. The molecule has 116 valence electrons. The highest BCUT2D eigenvalue weighted by atomic mass is 32.1. The van der Waals surface area contributed by atoms with Crippen LogP contribution in [0.2, 0.25) is 0 Å². The number of hydrogen-bond donors (Lipinski definition) is 1. The van der Waals surface area contributed by atoms with Crippen molar-refractivity contribution in [3.05, 3.63) is 16.1 Å². The topological polar surface area (TPSA) is 36.4 Å². The molecule has 21 heavy (non-hydrogen) atoms. The summed E-state index contributed by atoms with van der Waals surface area (Å²) in [4.78, 5) is 8.60. The van der Waals surface area contributed by atoms with Gasteiger partial charge in [0.15, 0.2) is 0 Å². The lowest BCUT2D eigenvalue weighted by Gasteiger charge is -2.47. The van der Waals surface area contributed by atoms with Gasteiger partial charge in [0.25, 0.3) is 0 Å². The molecular formula is C17H26N2OS. The summed E-state index contributed by atoms with van der Waals surface area (Å²) >= 11 is 1.92. The summed E-state index contributed by atoms with van der Waals surface area (Å²) in [5.41, 5.74) is -0.348. The number of aliphatic hydroxyl groups is 1. The van der Waals surface area contributed by atoms with E-state index in [0.717, 1.165) is 38.4 Å². The Morgan fingerprint density at radius 2 is 2.14 bits per heavy atom. The number of hydrogen-bond acceptors (Lipinski definition) is 4. The summed E-state index contributed by atoms with van der Waals surface area (Å²) in [5, 5.41) is 12.1. The maximum absolute atomic E-state index is 10.8. The lowest BCUT2D eigenvalue weighted by molar-refractivity contribution is -0.0966. The zero-order valence-corrected chi connectivity index (χ0v) is 13.6. The SMILES string of the molecule is OC12CCCCC1CN(Cc1cnc(C3CCC3)s1)CC2. The highest BCUT2D eigenvalue weighted by Crippen LogP contribution is 2.41. The Hall–Kier alpha value is -0.450. The van der Waals surface area contributed by atoms with Gasteiger partial charge in [-0.2, -0.15) is 0 Å². The molecule has 0 aromatic carbocycles. The van der Waals surface area contributed by atoms with Gasteiger partial charge in [0.2, 0.25) is 0 Å². The van der Waals surface area contributed by atoms with E-state index in [2.05, 4.69) is 16.1 Å². The summed E-state index contributed by atoms with van der Waals surface area (Å²) in [7, 11) is 0. The molecule has 0 radical (unpaired) electrons. The second-order valence-corrected chi connectivity index (χ2v) is 8.47. The van der Waals surface area contributed by atoms with Crippen LogP contribution in [0.3, 0.4) is 0 Å². The van der Waals surface area contributed by atoms with Crippen molar-refractivity contribution in [3.63, 3.8) is 0 Å². The fraction of sp³-hybridized carbons (Fsp3) is 0.824. The fourth-order valence-corrected chi connectivity index (χ4v) is 5.37. The van der Waals surface area contributed by atoms with Crippen LogP contribution in [-0.2, 0) is 6.54 Å². The van der Waals surface area contributed by atoms with Crippen LogP contribution < -0.4 is 0 Å². The third kappa shape index (κ3) is 2.78. The van der Waals surface area contributed by atoms with E-state index in [9.17, 15) is 5.11 Å². The molecule has 2 atom stereocenters. The average molecular weight is 306 g/mol. The van der Waals surface area contributed by atoms with E-state index in [1.54, 1.807) is 0 Å². The zero-order valence-electron chi connectivity index (χ0n) is 12.8. The van der Waals surface area contributed by atoms with E-state index >= 15 is 0 Å². The van der Waals surface area contributed by atoms with Crippen LogP contribution in [0, 0.1) is 5.92 Å². The minimum absolute atomic E-state index is 0.348. The second-order valence-electron chi connectivity index (χ2n) is 7.32. The van der Waals surface area contributed by atoms with Crippen molar-refractivity contribution < 1.29 is 5.11 Å². The van der Waals surface area contributed by atoms with Crippen molar-refractivity contribution in [1.82, 2.24) is 9.88 Å². The summed E-state index contributed by atoms with van der Waals surface area (Å²) in [6.45, 7) is 3.16. The van der Waals surface area contributed by atoms with E-state index < -0.39 is 0 Å². The molecule has 1 aromatic heterocycles. The Balaban J connectivity index is 1.38. The van der Waals surface area contributed by atoms with Crippen LogP contribution in [0.15, 0.2) is 6.20 Å². The Labute approximate surface area is 131 Å². The van der Waals surface area contributed by atoms with Crippen molar-refractivity contribution in [2.75, 3.05) is 13.1 Å². The fourth-order valence-electron chi connectivity index (χ4n) is 4.24. The number of nitrogens with zero attached hydrogens (tertiary/aromatic N) is 2. The van der Waals surface area contributed by atoms with Gasteiger partial charge in [-0.15, -0.1) is 11.3 Å². The van der Waals surface area contributed by atoms with Gasteiger partial charge in [0, 0.05) is 42.5 Å². The van der Waals surface area contributed by atoms with E-state index in [1.807, 2.05) is 11.3 Å². The van der Waals surface area contributed by atoms with Crippen molar-refractivity contribution in [2.45, 2.75) is 69.4 Å². The Morgan fingerprint density at radius 1 is 1.24 bits per heavy atom. The molecule has 0 amide bonds. The third-order valence-electron chi connectivity index (χ3n) is 5.92. The first-order valence-electron chi connectivity index (χ1n) is 8.62. The van der Waals surface area contributed by atoms with Crippen LogP contribution in [0.25, 0.3) is 0 Å². The maximum Gasteiger partial charge on any atom is 0.0959 e. The molecule has 2 saturated carbocycles. The molecule has 2 unspecified atom stereocenters. The predicted molar refractivity (Wildman–Crippen MR) is 85.5 cm³/mol. The molecule has 1 N–H and O–H groups in total. The Morgan fingerprint density at radius 3 is 2.95 bits per heavy atom. The van der Waals surface area contributed by atoms with E-state index in [4.69, 9.17) is 0 Å². The van der Waals surface area contributed by atoms with Crippen LogP contribution in [0.5, 0.6) is 0 Å². The van der Waals surface area contributed by atoms with Gasteiger partial charge >= 0.3 is 0 Å². The molecule has 1 aromatic rings. The number of aromatic nitrogens is 1. The number of likely N-dealkylation sites (tertiary alicyclic amines) is 1. The van der Waals surface area contributed by atoms with E-state index in [1.165, 1.54) is 48.4 Å². The average Bonchev–Trinajstić information content (AvgIpc) is 2.85. The van der Waals surface area contributed by atoms with Crippen LogP contribution in [0.1, 0.15) is 67.2 Å². The van der Waals surface area contributed by atoms with Crippen LogP contribution in [-0.4, -0.2) is 33.7 Å². The monoisotopic (exact) mass is 306 g/mol. The van der Waals surface area contributed by atoms with Gasteiger partial charge in [0.1, 0.15) is 0 Å². The lowest BCUT2D eigenvalue weighted by Crippen LogP contribution is -2.52. The van der Waals surface area contributed by atoms with Gasteiger partial charge in [-0.1, -0.05) is 19.3 Å². The molecule has 3 aliphatic rings. The van der Waals surface area contributed by atoms with Crippen LogP contribution >= 0.6 is 11.3 Å². The molecule has 2 heterocycles. The minimum Gasteiger partial charge on any atom is -0.390 e. The van der Waals surface area contributed by atoms with Gasteiger partial charge in [-0.3, -0.25) is 4.90 Å². The molecule has 0 bridgehead atoms. The highest BCUT2D eigenvalue weighted by molar-refractivity contribution is 7.11. The third-order valence-corrected chi connectivity index (χ3v) is 7.06. The number of fused-ring (bicyclic) bond motifs is 1. The first-order chi connectivity index (χ1) is 10.2. The molecule has 4 rings (SSSR count). The summed E-state index contributed by atoms with van der Waals surface area (Å²) in [5.74, 6) is 1.26. The van der Waals surface area contributed by atoms with E-state index in [0.29, 0.717) is 5.92 Å². The minimum atomic E-state index is -0.348. The predicted octanol–water partition coefficient (Wildman–Crippen LogP) is 3.54. The molecule has 3 fully saturated rings. The molecular weight excluding hydrogens is 280 g/mol. The summed E-state index contributed by atoms with van der Waals surface area (Å²) < 4.78 is 0. The first-order valence-corrected chi connectivity index (χ1v) is 9.44. The van der Waals surface area contributed by atoms with E-state index in [-0.39, 0.29) is 5.60 Å². The van der Waals surface area contributed by atoms with Gasteiger partial charge < -0.3 is 5.11 Å². The van der Waals surface area contributed by atoms with Crippen LogP contribution in [0.4, 0.5) is 0 Å². The number of rotatable bonds is 3. The van der Waals surface area contributed by atoms with Gasteiger partial charge in [-0.05, 0) is 32.1 Å². The first kappa shape index (κ1) is 14.2. The maximum atomic E-state index is 10.8. The largest absolute Gasteiger partial charge is 0.390 e. The quantitative estimate of drug-likeness (QED) is 0.928. The van der Waals surface area contributed by atoms with Gasteiger partial charge in [0.05, 0.1) is 10.6 Å². The van der Waals surface area contributed by atoms with Crippen molar-refractivity contribution >= 4 is 11.3 Å². The standard InChI is InChI=1S/C17H26N2OS/c20-17-7-2-1-6-14(17)11-19(9-8-17)12-15-10-18-16(21-15)13-4-3-5-13/h10,13-14,20H,1-9,11-12H2. The Bertz CT molecular complexity index is 499. The summed E-state index contributed by atoms with van der Waals surface area (Å²) in [6.07, 6.45) is 11.9.